The smallest absolute Gasteiger partial charge is 0.303 e. The lowest BCUT2D eigenvalue weighted by molar-refractivity contribution is -0.137. The van der Waals surface area contributed by atoms with Crippen LogP contribution in [-0.4, -0.2) is 58.7 Å². The zero-order chi connectivity index (χ0) is 22.6. The average molecular weight is 439 g/mol. The van der Waals surface area contributed by atoms with Gasteiger partial charge in [0.05, 0.1) is 6.61 Å². The van der Waals surface area contributed by atoms with Gasteiger partial charge in [-0.05, 0) is 38.5 Å². The van der Waals surface area contributed by atoms with Crippen LogP contribution in [0.15, 0.2) is 0 Å². The molecule has 1 heterocycles. The summed E-state index contributed by atoms with van der Waals surface area (Å²) in [6, 6.07) is 0. The number of carboxylic acids is 1. The van der Waals surface area contributed by atoms with E-state index in [2.05, 4.69) is 42.6 Å². The predicted molar refractivity (Wildman–Crippen MR) is 121 cm³/mol. The molecule has 31 heavy (non-hydrogen) atoms. The molecule has 0 radical (unpaired) electrons. The first-order chi connectivity index (χ1) is 15.2. The van der Waals surface area contributed by atoms with Crippen LogP contribution in [0.3, 0.4) is 0 Å². The van der Waals surface area contributed by atoms with E-state index in [1.54, 1.807) is 0 Å². The first-order valence-corrected chi connectivity index (χ1v) is 11.4. The molecule has 0 aliphatic rings. The molecule has 0 aliphatic heterocycles. The Bertz CT molecular complexity index is 618. The quantitative estimate of drug-likeness (QED) is 0.166. The van der Waals surface area contributed by atoms with Crippen LogP contribution in [0.25, 0.3) is 0 Å². The standard InChI is InChI=1S/C21H38N6O4/c1-2-3-4-8-13-22-19-25-20(23-14-9-5-7-12-18(29)30)27-21(26-19)24-15-10-6-11-16-31-17-28/h17H,2-16H2,1H3,(H,29,30)(H3,22,23,24,25,26,27). The maximum Gasteiger partial charge on any atom is 0.303 e. The Labute approximate surface area is 185 Å². The van der Waals surface area contributed by atoms with Crippen LogP contribution in [0, 0.1) is 0 Å². The van der Waals surface area contributed by atoms with Gasteiger partial charge in [-0.25, -0.2) is 0 Å². The third kappa shape index (κ3) is 14.9. The van der Waals surface area contributed by atoms with Gasteiger partial charge >= 0.3 is 5.97 Å². The molecule has 4 N–H and O–H groups in total. The van der Waals surface area contributed by atoms with Crippen LogP contribution in [0.1, 0.15) is 77.6 Å². The fraction of sp³-hybridized carbons (Fsp3) is 0.762. The van der Waals surface area contributed by atoms with E-state index in [4.69, 9.17) is 5.11 Å². The molecular weight excluding hydrogens is 400 g/mol. The molecule has 0 atom stereocenters. The number of rotatable bonds is 21. The van der Waals surface area contributed by atoms with Crippen molar-refractivity contribution in [2.24, 2.45) is 0 Å². The van der Waals surface area contributed by atoms with E-state index in [9.17, 15) is 9.59 Å². The Morgan fingerprint density at radius 2 is 1.29 bits per heavy atom. The second-order valence-electron chi connectivity index (χ2n) is 7.38. The fourth-order valence-corrected chi connectivity index (χ4v) is 2.88. The van der Waals surface area contributed by atoms with Crippen molar-refractivity contribution in [3.63, 3.8) is 0 Å². The van der Waals surface area contributed by atoms with Crippen LogP contribution < -0.4 is 16.0 Å². The van der Waals surface area contributed by atoms with Gasteiger partial charge in [0.2, 0.25) is 17.8 Å². The van der Waals surface area contributed by atoms with Gasteiger partial charge < -0.3 is 25.8 Å². The molecule has 1 aromatic rings. The van der Waals surface area contributed by atoms with Crippen molar-refractivity contribution in [1.82, 2.24) is 15.0 Å². The van der Waals surface area contributed by atoms with Crippen molar-refractivity contribution in [2.75, 3.05) is 42.2 Å². The number of carbonyl (C=O) groups excluding carboxylic acids is 1. The van der Waals surface area contributed by atoms with Crippen molar-refractivity contribution < 1.29 is 19.4 Å². The van der Waals surface area contributed by atoms with Crippen LogP contribution in [0.2, 0.25) is 0 Å². The lowest BCUT2D eigenvalue weighted by Crippen LogP contribution is -2.14. The van der Waals surface area contributed by atoms with Crippen molar-refractivity contribution >= 4 is 30.3 Å². The molecule has 0 saturated heterocycles. The van der Waals surface area contributed by atoms with Crippen molar-refractivity contribution in [3.8, 4) is 0 Å². The van der Waals surface area contributed by atoms with Gasteiger partial charge in [0, 0.05) is 26.1 Å². The summed E-state index contributed by atoms with van der Waals surface area (Å²) >= 11 is 0. The number of carboxylic acid groups (broad SMARTS) is 1. The normalized spacial score (nSPS) is 10.5. The van der Waals surface area contributed by atoms with Gasteiger partial charge in [0.25, 0.3) is 6.47 Å². The van der Waals surface area contributed by atoms with Gasteiger partial charge in [-0.15, -0.1) is 0 Å². The minimum absolute atomic E-state index is 0.202. The van der Waals surface area contributed by atoms with E-state index < -0.39 is 5.97 Å². The maximum atomic E-state index is 10.6. The Morgan fingerprint density at radius 1 is 0.806 bits per heavy atom. The van der Waals surface area contributed by atoms with E-state index in [0.29, 0.717) is 43.9 Å². The molecule has 10 nitrogen and oxygen atoms in total. The summed E-state index contributed by atoms with van der Waals surface area (Å²) in [6.45, 7) is 5.31. The first kappa shape index (κ1) is 26.4. The molecule has 10 heteroatoms. The highest BCUT2D eigenvalue weighted by molar-refractivity contribution is 5.66. The minimum Gasteiger partial charge on any atom is -0.481 e. The molecule has 1 aromatic heterocycles. The minimum atomic E-state index is -0.757. The molecule has 0 aliphatic carbocycles. The maximum absolute atomic E-state index is 10.6. The van der Waals surface area contributed by atoms with Gasteiger partial charge in [-0.1, -0.05) is 32.6 Å². The molecule has 0 fully saturated rings. The Kier molecular flexibility index (Phi) is 15.4. The van der Waals surface area contributed by atoms with E-state index in [0.717, 1.165) is 51.6 Å². The molecule has 0 spiro atoms. The van der Waals surface area contributed by atoms with E-state index in [1.807, 2.05) is 0 Å². The average Bonchev–Trinajstić information content (AvgIpc) is 2.75. The highest BCUT2D eigenvalue weighted by Gasteiger charge is 2.06. The highest BCUT2D eigenvalue weighted by atomic mass is 16.5. The molecule has 0 amide bonds. The largest absolute Gasteiger partial charge is 0.481 e. The summed E-state index contributed by atoms with van der Waals surface area (Å²) in [5.41, 5.74) is 0. The molecule has 1 rings (SSSR count). The highest BCUT2D eigenvalue weighted by Crippen LogP contribution is 2.11. The number of aromatic nitrogens is 3. The van der Waals surface area contributed by atoms with Crippen molar-refractivity contribution in [3.05, 3.63) is 0 Å². The zero-order valence-electron chi connectivity index (χ0n) is 18.7. The number of carbonyl (C=O) groups is 2. The molecule has 0 aromatic carbocycles. The summed E-state index contributed by atoms with van der Waals surface area (Å²) in [6.07, 6.45) is 9.91. The third-order valence-corrected chi connectivity index (χ3v) is 4.59. The first-order valence-electron chi connectivity index (χ1n) is 11.4. The number of ether oxygens (including phenoxy) is 1. The number of unbranched alkanes of at least 4 members (excludes halogenated alkanes) is 7. The van der Waals surface area contributed by atoms with E-state index in [1.165, 1.54) is 19.3 Å². The van der Waals surface area contributed by atoms with Gasteiger partial charge in [-0.3, -0.25) is 9.59 Å². The zero-order valence-corrected chi connectivity index (χ0v) is 18.7. The predicted octanol–water partition coefficient (Wildman–Crippen LogP) is 3.68. The number of nitrogens with one attached hydrogen (secondary N) is 3. The van der Waals surface area contributed by atoms with Crippen molar-refractivity contribution in [1.29, 1.82) is 0 Å². The molecular formula is C21H38N6O4. The fourth-order valence-electron chi connectivity index (χ4n) is 2.88. The summed E-state index contributed by atoms with van der Waals surface area (Å²) in [5.74, 6) is 0.809. The number of aliphatic carboxylic acids is 1. The van der Waals surface area contributed by atoms with E-state index in [-0.39, 0.29) is 6.42 Å². The summed E-state index contributed by atoms with van der Waals surface area (Å²) in [4.78, 5) is 34.0. The number of hydrogen-bond acceptors (Lipinski definition) is 9. The monoisotopic (exact) mass is 438 g/mol. The molecule has 176 valence electrons. The third-order valence-electron chi connectivity index (χ3n) is 4.59. The Balaban J connectivity index is 2.48. The Morgan fingerprint density at radius 3 is 1.74 bits per heavy atom. The van der Waals surface area contributed by atoms with Crippen molar-refractivity contribution in [2.45, 2.75) is 77.6 Å². The molecule has 0 bridgehead atoms. The SMILES string of the molecule is CCCCCCNc1nc(NCCCCCOC=O)nc(NCCCCCC(=O)O)n1. The lowest BCUT2D eigenvalue weighted by Gasteiger charge is -2.11. The van der Waals surface area contributed by atoms with Gasteiger partial charge in [0.15, 0.2) is 0 Å². The van der Waals surface area contributed by atoms with Crippen LogP contribution in [0.5, 0.6) is 0 Å². The summed E-state index contributed by atoms with van der Waals surface area (Å²) in [5, 5.41) is 18.4. The van der Waals surface area contributed by atoms with Gasteiger partial charge in [-0.2, -0.15) is 15.0 Å². The summed E-state index contributed by atoms with van der Waals surface area (Å²) < 4.78 is 4.69. The number of anilines is 3. The van der Waals surface area contributed by atoms with Gasteiger partial charge in [0.1, 0.15) is 0 Å². The summed E-state index contributed by atoms with van der Waals surface area (Å²) in [7, 11) is 0. The second-order valence-corrected chi connectivity index (χ2v) is 7.38. The van der Waals surface area contributed by atoms with Crippen LogP contribution in [-0.2, 0) is 14.3 Å². The molecule has 0 saturated carbocycles. The second kappa shape index (κ2) is 18.1. The lowest BCUT2D eigenvalue weighted by atomic mass is 10.2. The molecule has 0 unspecified atom stereocenters. The van der Waals surface area contributed by atoms with Crippen LogP contribution in [0.4, 0.5) is 17.8 Å². The topological polar surface area (TPSA) is 138 Å². The Hall–Kier alpha value is -2.65. The number of nitrogens with zero attached hydrogens (tertiary/aromatic N) is 3. The van der Waals surface area contributed by atoms with E-state index >= 15 is 0 Å². The van der Waals surface area contributed by atoms with Crippen LogP contribution >= 0.6 is 0 Å². The number of hydrogen-bond donors (Lipinski definition) is 4.